The van der Waals surface area contributed by atoms with Crippen molar-refractivity contribution in [2.24, 2.45) is 5.73 Å². The summed E-state index contributed by atoms with van der Waals surface area (Å²) in [6.07, 6.45) is 2.47. The zero-order chi connectivity index (χ0) is 11.7. The highest BCUT2D eigenvalue weighted by Crippen LogP contribution is 1.99. The minimum Gasteiger partial charge on any atom is -0.393 e. The molecular formula is C9H18N2O2S2. The number of amides is 1. The van der Waals surface area contributed by atoms with Crippen LogP contribution >= 0.6 is 24.0 Å². The average Bonchev–Trinajstić information content (AvgIpc) is 2.17. The average molecular weight is 250 g/mol. The molecule has 0 radical (unpaired) electrons. The van der Waals surface area contributed by atoms with Gasteiger partial charge in [-0.3, -0.25) is 4.79 Å². The third-order valence-electron chi connectivity index (χ3n) is 1.81. The first-order valence-electron chi connectivity index (χ1n) is 4.65. The Labute approximate surface area is 101 Å². The monoisotopic (exact) mass is 250 g/mol. The third kappa shape index (κ3) is 7.58. The Bertz CT molecular complexity index is 212. The highest BCUT2D eigenvalue weighted by atomic mass is 32.2. The van der Waals surface area contributed by atoms with Crippen LogP contribution in [0.2, 0.25) is 0 Å². The summed E-state index contributed by atoms with van der Waals surface area (Å²) in [6.45, 7) is 1.72. The van der Waals surface area contributed by atoms with Crippen molar-refractivity contribution in [1.82, 2.24) is 4.90 Å². The maximum Gasteiger partial charge on any atom is 0.232 e. The number of methoxy groups -OCH3 is 1. The van der Waals surface area contributed by atoms with E-state index in [1.54, 1.807) is 12.0 Å². The van der Waals surface area contributed by atoms with Crippen molar-refractivity contribution in [3.63, 3.8) is 0 Å². The summed E-state index contributed by atoms with van der Waals surface area (Å²) in [5, 5.41) is 0. The van der Waals surface area contributed by atoms with Gasteiger partial charge in [0.25, 0.3) is 0 Å². The number of carbonyl (C=O) groups is 1. The van der Waals surface area contributed by atoms with E-state index >= 15 is 0 Å². The van der Waals surface area contributed by atoms with E-state index < -0.39 is 0 Å². The second kappa shape index (κ2) is 8.94. The van der Waals surface area contributed by atoms with E-state index in [1.807, 2.05) is 6.26 Å². The van der Waals surface area contributed by atoms with Gasteiger partial charge >= 0.3 is 0 Å². The quantitative estimate of drug-likeness (QED) is 0.636. The summed E-state index contributed by atoms with van der Waals surface area (Å²) >= 11 is 6.29. The van der Waals surface area contributed by atoms with Gasteiger partial charge < -0.3 is 15.4 Å². The van der Waals surface area contributed by atoms with Crippen molar-refractivity contribution < 1.29 is 9.53 Å². The Kier molecular flexibility index (Phi) is 8.74. The van der Waals surface area contributed by atoms with E-state index in [1.165, 1.54) is 11.8 Å². The summed E-state index contributed by atoms with van der Waals surface area (Å²) in [6, 6.07) is 0. The molecule has 0 rings (SSSR count). The van der Waals surface area contributed by atoms with Crippen LogP contribution in [0.1, 0.15) is 6.42 Å². The van der Waals surface area contributed by atoms with Crippen LogP contribution in [0.5, 0.6) is 0 Å². The van der Waals surface area contributed by atoms with Crippen LogP contribution < -0.4 is 5.73 Å². The molecule has 0 aromatic rings. The Morgan fingerprint density at radius 1 is 1.53 bits per heavy atom. The van der Waals surface area contributed by atoms with Gasteiger partial charge in [0.1, 0.15) is 0 Å². The summed E-state index contributed by atoms with van der Waals surface area (Å²) in [7, 11) is 1.62. The maximum absolute atomic E-state index is 11.6. The van der Waals surface area contributed by atoms with Gasteiger partial charge in [0.15, 0.2) is 0 Å². The van der Waals surface area contributed by atoms with Gasteiger partial charge in [0.05, 0.1) is 17.3 Å². The van der Waals surface area contributed by atoms with Crippen molar-refractivity contribution in [2.45, 2.75) is 6.42 Å². The largest absolute Gasteiger partial charge is 0.393 e. The van der Waals surface area contributed by atoms with Gasteiger partial charge in [-0.25, -0.2) is 0 Å². The maximum atomic E-state index is 11.6. The van der Waals surface area contributed by atoms with Crippen LogP contribution in [0, 0.1) is 0 Å². The molecule has 0 fully saturated rings. The lowest BCUT2D eigenvalue weighted by atomic mass is 10.3. The van der Waals surface area contributed by atoms with Gasteiger partial charge in [-0.1, -0.05) is 12.2 Å². The smallest absolute Gasteiger partial charge is 0.232 e. The number of nitrogens with zero attached hydrogens (tertiary/aromatic N) is 1. The molecule has 2 N–H and O–H groups in total. The predicted octanol–water partition coefficient (Wildman–Crippen LogP) is 0.501. The van der Waals surface area contributed by atoms with E-state index in [0.717, 1.165) is 0 Å². The molecule has 0 aliphatic heterocycles. The van der Waals surface area contributed by atoms with Crippen LogP contribution in [0.25, 0.3) is 0 Å². The number of hydrogen-bond acceptors (Lipinski definition) is 4. The van der Waals surface area contributed by atoms with Crippen molar-refractivity contribution in [2.75, 3.05) is 38.8 Å². The zero-order valence-corrected chi connectivity index (χ0v) is 10.8. The lowest BCUT2D eigenvalue weighted by molar-refractivity contribution is -0.128. The summed E-state index contributed by atoms with van der Waals surface area (Å²) in [5.74, 6) is 0.594. The predicted molar refractivity (Wildman–Crippen MR) is 68.2 cm³/mol. The molecule has 4 nitrogen and oxygen atoms in total. The number of ether oxygens (including phenoxy) is 1. The van der Waals surface area contributed by atoms with Crippen LogP contribution in [0.15, 0.2) is 0 Å². The molecule has 0 aliphatic carbocycles. The Hall–Kier alpha value is -0.330. The first-order chi connectivity index (χ1) is 7.11. The highest BCUT2D eigenvalue weighted by Gasteiger charge is 2.12. The molecule has 0 spiro atoms. The number of thiocarbonyl (C=S) groups is 1. The molecule has 0 aromatic heterocycles. The number of carbonyl (C=O) groups excluding carboxylic acids is 1. The van der Waals surface area contributed by atoms with E-state index in [4.69, 9.17) is 22.7 Å². The number of thioether (sulfide) groups is 1. The second-order valence-electron chi connectivity index (χ2n) is 3.02. The Morgan fingerprint density at radius 3 is 2.67 bits per heavy atom. The molecule has 0 unspecified atom stereocenters. The first-order valence-corrected chi connectivity index (χ1v) is 6.46. The van der Waals surface area contributed by atoms with Crippen molar-refractivity contribution in [3.05, 3.63) is 0 Å². The molecule has 0 atom stereocenters. The molecule has 0 heterocycles. The molecule has 6 heteroatoms. The third-order valence-corrected chi connectivity index (χ3v) is 2.55. The molecule has 0 saturated carbocycles. The van der Waals surface area contributed by atoms with Gasteiger partial charge in [-0.05, 0) is 6.26 Å². The van der Waals surface area contributed by atoms with Crippen LogP contribution in [-0.2, 0) is 9.53 Å². The topological polar surface area (TPSA) is 55.6 Å². The van der Waals surface area contributed by atoms with Gasteiger partial charge in [-0.15, -0.1) is 0 Å². The molecule has 88 valence electrons. The van der Waals surface area contributed by atoms with Crippen molar-refractivity contribution >= 4 is 34.9 Å². The van der Waals surface area contributed by atoms with Crippen molar-refractivity contribution in [1.29, 1.82) is 0 Å². The van der Waals surface area contributed by atoms with Crippen molar-refractivity contribution in [3.8, 4) is 0 Å². The minimum atomic E-state index is 0.107. The summed E-state index contributed by atoms with van der Waals surface area (Å²) in [4.78, 5) is 13.8. The Morgan fingerprint density at radius 2 is 2.20 bits per heavy atom. The van der Waals surface area contributed by atoms with E-state index in [-0.39, 0.29) is 5.91 Å². The molecular weight excluding hydrogens is 232 g/mol. The molecule has 0 saturated heterocycles. The minimum absolute atomic E-state index is 0.107. The Balaban J connectivity index is 4.04. The van der Waals surface area contributed by atoms with Crippen LogP contribution in [0.3, 0.4) is 0 Å². The second-order valence-corrected chi connectivity index (χ2v) is 4.41. The lowest BCUT2D eigenvalue weighted by Gasteiger charge is -2.21. The van der Waals surface area contributed by atoms with E-state index in [0.29, 0.717) is 36.9 Å². The number of hydrogen-bond donors (Lipinski definition) is 1. The molecule has 0 aromatic carbocycles. The zero-order valence-electron chi connectivity index (χ0n) is 9.19. The fourth-order valence-corrected chi connectivity index (χ4v) is 1.54. The number of nitrogens with two attached hydrogens (primary N) is 1. The summed E-state index contributed by atoms with van der Waals surface area (Å²) < 4.78 is 4.94. The summed E-state index contributed by atoms with van der Waals surface area (Å²) in [5.41, 5.74) is 5.40. The first kappa shape index (κ1) is 14.7. The SMILES string of the molecule is COCCN(CCC(N)=S)C(=O)CSC. The van der Waals surface area contributed by atoms with Gasteiger partial charge in [0.2, 0.25) is 5.91 Å². The standard InChI is InChI=1S/C9H18N2O2S2/c1-13-6-5-11(4-3-8(10)14)9(12)7-15-2/h3-7H2,1-2H3,(H2,10,14). The fourth-order valence-electron chi connectivity index (χ4n) is 1.02. The normalized spacial score (nSPS) is 10.0. The van der Waals surface area contributed by atoms with Crippen LogP contribution in [0.4, 0.5) is 0 Å². The fraction of sp³-hybridized carbons (Fsp3) is 0.778. The number of rotatable bonds is 8. The lowest BCUT2D eigenvalue weighted by Crippen LogP contribution is -2.37. The highest BCUT2D eigenvalue weighted by molar-refractivity contribution is 7.99. The molecule has 0 aliphatic rings. The molecule has 0 bridgehead atoms. The van der Waals surface area contributed by atoms with Gasteiger partial charge in [-0.2, -0.15) is 11.8 Å². The molecule has 1 amide bonds. The van der Waals surface area contributed by atoms with E-state index in [2.05, 4.69) is 0 Å². The molecule has 15 heavy (non-hydrogen) atoms. The van der Waals surface area contributed by atoms with Gasteiger partial charge in [0, 0.05) is 26.6 Å². The van der Waals surface area contributed by atoms with E-state index in [9.17, 15) is 4.79 Å². The van der Waals surface area contributed by atoms with Crippen LogP contribution in [-0.4, -0.2) is 54.6 Å².